The zero-order valence-corrected chi connectivity index (χ0v) is 12.0. The normalized spacial score (nSPS) is 20.4. The van der Waals surface area contributed by atoms with Gasteiger partial charge in [-0.1, -0.05) is 0 Å². The van der Waals surface area contributed by atoms with Crippen LogP contribution in [0.15, 0.2) is 30.5 Å². The SMILES string of the molecule is COc1ccc2c(N3CCC(C(C)N)C3)nccc2c1. The van der Waals surface area contributed by atoms with Crippen molar-refractivity contribution in [1.82, 2.24) is 4.98 Å². The average molecular weight is 271 g/mol. The lowest BCUT2D eigenvalue weighted by Crippen LogP contribution is -2.30. The van der Waals surface area contributed by atoms with Crippen LogP contribution in [0.5, 0.6) is 5.75 Å². The van der Waals surface area contributed by atoms with E-state index < -0.39 is 0 Å². The standard InChI is InChI=1S/C16H21N3O/c1-11(17)13-6-8-19(10-13)16-15-4-3-14(20-2)9-12(15)5-7-18-16/h3-5,7,9,11,13H,6,8,10,17H2,1-2H3. The van der Waals surface area contributed by atoms with E-state index in [2.05, 4.69) is 28.9 Å². The maximum atomic E-state index is 6.02. The number of ether oxygens (including phenoxy) is 1. The van der Waals surface area contributed by atoms with E-state index in [1.807, 2.05) is 18.3 Å². The Labute approximate surface area is 119 Å². The number of hydrogen-bond donors (Lipinski definition) is 1. The summed E-state index contributed by atoms with van der Waals surface area (Å²) in [4.78, 5) is 6.93. The molecule has 4 heteroatoms. The second kappa shape index (κ2) is 5.29. The predicted molar refractivity (Wildman–Crippen MR) is 82.3 cm³/mol. The second-order valence-electron chi connectivity index (χ2n) is 5.58. The lowest BCUT2D eigenvalue weighted by atomic mass is 10.0. The molecule has 1 aliphatic rings. The molecular weight excluding hydrogens is 250 g/mol. The molecule has 2 unspecified atom stereocenters. The van der Waals surface area contributed by atoms with Gasteiger partial charge < -0.3 is 15.4 Å². The van der Waals surface area contributed by atoms with Gasteiger partial charge in [0, 0.05) is 30.7 Å². The third kappa shape index (κ3) is 2.31. The Balaban J connectivity index is 1.96. The van der Waals surface area contributed by atoms with Crippen LogP contribution >= 0.6 is 0 Å². The summed E-state index contributed by atoms with van der Waals surface area (Å²) in [5.41, 5.74) is 6.02. The van der Waals surface area contributed by atoms with Crippen LogP contribution in [0, 0.1) is 5.92 Å². The van der Waals surface area contributed by atoms with Gasteiger partial charge in [-0.15, -0.1) is 0 Å². The lowest BCUT2D eigenvalue weighted by molar-refractivity contribution is 0.415. The Hall–Kier alpha value is -1.81. The van der Waals surface area contributed by atoms with Gasteiger partial charge in [0.05, 0.1) is 7.11 Å². The van der Waals surface area contributed by atoms with Gasteiger partial charge in [-0.2, -0.15) is 0 Å². The molecule has 3 rings (SSSR count). The van der Waals surface area contributed by atoms with E-state index >= 15 is 0 Å². The Morgan fingerprint density at radius 2 is 2.25 bits per heavy atom. The van der Waals surface area contributed by atoms with Crippen LogP contribution in [-0.4, -0.2) is 31.2 Å². The quantitative estimate of drug-likeness (QED) is 0.931. The fraction of sp³-hybridized carbons (Fsp3) is 0.438. The number of aromatic nitrogens is 1. The number of hydrogen-bond acceptors (Lipinski definition) is 4. The van der Waals surface area contributed by atoms with Crippen LogP contribution < -0.4 is 15.4 Å². The van der Waals surface area contributed by atoms with Crippen LogP contribution in [0.3, 0.4) is 0 Å². The fourth-order valence-electron chi connectivity index (χ4n) is 2.93. The Morgan fingerprint density at radius 3 is 2.95 bits per heavy atom. The van der Waals surface area contributed by atoms with Crippen molar-refractivity contribution in [2.24, 2.45) is 11.7 Å². The monoisotopic (exact) mass is 271 g/mol. The van der Waals surface area contributed by atoms with Crippen molar-refractivity contribution in [2.75, 3.05) is 25.1 Å². The minimum absolute atomic E-state index is 0.245. The predicted octanol–water partition coefficient (Wildman–Crippen LogP) is 2.42. The average Bonchev–Trinajstić information content (AvgIpc) is 2.96. The number of methoxy groups -OCH3 is 1. The van der Waals surface area contributed by atoms with Crippen LogP contribution in [0.25, 0.3) is 10.8 Å². The van der Waals surface area contributed by atoms with Crippen molar-refractivity contribution in [2.45, 2.75) is 19.4 Å². The molecule has 2 N–H and O–H groups in total. The van der Waals surface area contributed by atoms with Crippen LogP contribution in [0.4, 0.5) is 5.82 Å². The minimum Gasteiger partial charge on any atom is -0.497 e. The van der Waals surface area contributed by atoms with E-state index in [4.69, 9.17) is 10.5 Å². The van der Waals surface area contributed by atoms with E-state index in [0.717, 1.165) is 31.1 Å². The number of anilines is 1. The highest BCUT2D eigenvalue weighted by molar-refractivity contribution is 5.93. The first-order valence-corrected chi connectivity index (χ1v) is 7.12. The zero-order valence-electron chi connectivity index (χ0n) is 12.0. The molecule has 2 atom stereocenters. The summed E-state index contributed by atoms with van der Waals surface area (Å²) in [6.07, 6.45) is 3.02. The molecule has 20 heavy (non-hydrogen) atoms. The van der Waals surface area contributed by atoms with Crippen LogP contribution in [0.1, 0.15) is 13.3 Å². The van der Waals surface area contributed by atoms with Crippen LogP contribution in [-0.2, 0) is 0 Å². The molecule has 1 aromatic heterocycles. The molecule has 2 heterocycles. The number of benzene rings is 1. The summed E-state index contributed by atoms with van der Waals surface area (Å²) >= 11 is 0. The van der Waals surface area contributed by atoms with Gasteiger partial charge >= 0.3 is 0 Å². The van der Waals surface area contributed by atoms with Gasteiger partial charge in [-0.3, -0.25) is 0 Å². The molecule has 1 saturated heterocycles. The molecule has 0 aliphatic carbocycles. The minimum atomic E-state index is 0.245. The van der Waals surface area contributed by atoms with Gasteiger partial charge in [0.15, 0.2) is 0 Å². The number of fused-ring (bicyclic) bond motifs is 1. The summed E-state index contributed by atoms with van der Waals surface area (Å²) in [5.74, 6) is 2.50. The van der Waals surface area contributed by atoms with E-state index in [-0.39, 0.29) is 6.04 Å². The van der Waals surface area contributed by atoms with Crippen molar-refractivity contribution in [3.05, 3.63) is 30.5 Å². The molecule has 1 aromatic carbocycles. The zero-order chi connectivity index (χ0) is 14.1. The molecule has 4 nitrogen and oxygen atoms in total. The number of pyridine rings is 1. The Morgan fingerprint density at radius 1 is 1.40 bits per heavy atom. The highest BCUT2D eigenvalue weighted by Crippen LogP contribution is 2.31. The summed E-state index contributed by atoms with van der Waals surface area (Å²) in [5, 5.41) is 2.34. The van der Waals surface area contributed by atoms with E-state index in [1.54, 1.807) is 7.11 Å². The molecule has 0 saturated carbocycles. The van der Waals surface area contributed by atoms with Gasteiger partial charge in [0.25, 0.3) is 0 Å². The first kappa shape index (κ1) is 13.2. The smallest absolute Gasteiger partial charge is 0.136 e. The van der Waals surface area contributed by atoms with Crippen molar-refractivity contribution < 1.29 is 4.74 Å². The summed E-state index contributed by atoms with van der Waals surface area (Å²) in [7, 11) is 1.69. The molecule has 1 fully saturated rings. The Bertz CT molecular complexity index is 612. The maximum Gasteiger partial charge on any atom is 0.136 e. The van der Waals surface area contributed by atoms with Gasteiger partial charge in [0.2, 0.25) is 0 Å². The van der Waals surface area contributed by atoms with Crippen molar-refractivity contribution in [1.29, 1.82) is 0 Å². The molecule has 0 amide bonds. The van der Waals surface area contributed by atoms with Crippen LogP contribution in [0.2, 0.25) is 0 Å². The molecule has 0 bridgehead atoms. The molecule has 2 aromatic rings. The van der Waals surface area contributed by atoms with E-state index in [9.17, 15) is 0 Å². The summed E-state index contributed by atoms with van der Waals surface area (Å²) in [6, 6.07) is 8.41. The molecule has 106 valence electrons. The third-order valence-corrected chi connectivity index (χ3v) is 4.22. The third-order valence-electron chi connectivity index (χ3n) is 4.22. The van der Waals surface area contributed by atoms with Crippen molar-refractivity contribution in [3.8, 4) is 5.75 Å². The largest absolute Gasteiger partial charge is 0.497 e. The Kier molecular flexibility index (Phi) is 3.49. The molecule has 0 spiro atoms. The summed E-state index contributed by atoms with van der Waals surface area (Å²) < 4.78 is 5.29. The molecule has 1 aliphatic heterocycles. The van der Waals surface area contributed by atoms with Gasteiger partial charge in [-0.25, -0.2) is 4.98 Å². The van der Waals surface area contributed by atoms with Crippen molar-refractivity contribution >= 4 is 16.6 Å². The summed E-state index contributed by atoms with van der Waals surface area (Å²) in [6.45, 7) is 4.12. The van der Waals surface area contributed by atoms with Gasteiger partial charge in [0.1, 0.15) is 11.6 Å². The number of rotatable bonds is 3. The maximum absolute atomic E-state index is 6.02. The topological polar surface area (TPSA) is 51.4 Å². The van der Waals surface area contributed by atoms with Gasteiger partial charge in [-0.05, 0) is 48.9 Å². The first-order valence-electron chi connectivity index (χ1n) is 7.12. The first-order chi connectivity index (χ1) is 9.69. The van der Waals surface area contributed by atoms with E-state index in [1.165, 1.54) is 10.8 Å². The van der Waals surface area contributed by atoms with Crippen molar-refractivity contribution in [3.63, 3.8) is 0 Å². The molecular formula is C16H21N3O. The number of nitrogens with zero attached hydrogens (tertiary/aromatic N) is 2. The second-order valence-corrected chi connectivity index (χ2v) is 5.58. The highest BCUT2D eigenvalue weighted by Gasteiger charge is 2.26. The number of nitrogens with two attached hydrogens (primary N) is 1. The molecule has 0 radical (unpaired) electrons. The van der Waals surface area contributed by atoms with E-state index in [0.29, 0.717) is 5.92 Å². The lowest BCUT2D eigenvalue weighted by Gasteiger charge is -2.20. The fourth-order valence-corrected chi connectivity index (χ4v) is 2.93. The highest BCUT2D eigenvalue weighted by atomic mass is 16.5.